The Kier molecular flexibility index (Phi) is 103. The minimum Gasteiger partial charge on any atom is 0 e. The first-order valence-corrected chi connectivity index (χ1v) is 0. The van der Waals surface area contributed by atoms with E-state index in [1.807, 2.05) is 0 Å². The van der Waals surface area contributed by atoms with Gasteiger partial charge in [0.15, 0.2) is 0 Å². The van der Waals surface area contributed by atoms with E-state index in [0.717, 1.165) is 0 Å². The van der Waals surface area contributed by atoms with Gasteiger partial charge < -0.3 is 0 Å². The average molecular weight is 257 g/mol. The minimum absolute atomic E-state index is 0. The predicted octanol–water partition coefficient (Wildman–Crippen LogP) is -3.93. The smallest absolute Gasteiger partial charge is 0 e. The van der Waals surface area contributed by atoms with Gasteiger partial charge in [-0.05, 0) is 0 Å². The zero-order valence-corrected chi connectivity index (χ0v) is 4.12. The molecule has 0 heterocycles. The van der Waals surface area contributed by atoms with Crippen LogP contribution in [0.5, 0.6) is 0 Å². The molecule has 0 amide bonds. The number of hydrogen-bond donors (Lipinski definition) is 0. The van der Waals surface area contributed by atoms with Crippen molar-refractivity contribution in [2.45, 2.75) is 0 Å². The zero-order chi connectivity index (χ0) is 0. The molecule has 4 heteroatoms. The molecule has 0 rings (SSSR count). The molecule has 0 N–H and O–H groups in total. The largest absolute Gasteiger partial charge is 0 e. The van der Waals surface area contributed by atoms with Gasteiger partial charge in [-0.2, -0.15) is 0 Å². The quantitative estimate of drug-likeness (QED) is 0.389. The van der Waals surface area contributed by atoms with Crippen LogP contribution in [0.2, 0.25) is 0 Å². The molecule has 0 unspecified atom stereocenters. The van der Waals surface area contributed by atoms with E-state index in [0.29, 0.717) is 0 Å². The molecule has 19 valence electrons. The van der Waals surface area contributed by atoms with Crippen molar-refractivity contribution in [3.63, 3.8) is 0 Å². The Morgan fingerprint density at radius 3 is 0.500 bits per heavy atom. The van der Waals surface area contributed by atoms with E-state index in [1.54, 1.807) is 0 Å². The summed E-state index contributed by atoms with van der Waals surface area (Å²) in [4.78, 5) is 0. The summed E-state index contributed by atoms with van der Waals surface area (Å²) in [7, 11) is 0. The first-order chi connectivity index (χ1) is 0. The topological polar surface area (TPSA) is 0 Å². The van der Waals surface area contributed by atoms with E-state index in [1.165, 1.54) is 0 Å². The second-order valence-electron chi connectivity index (χ2n) is 0. The Hall–Kier alpha value is 3.55. The molecule has 0 aliphatic heterocycles. The first-order valence-electron chi connectivity index (χ1n) is 0. The maximum Gasteiger partial charge on any atom is 0 e. The van der Waals surface area contributed by atoms with E-state index in [9.17, 15) is 0 Å². The Balaban J connectivity index is 0. The van der Waals surface area contributed by atoms with Gasteiger partial charge in [-0.15, -0.1) is 0 Å². The molecule has 0 aliphatic carbocycles. The van der Waals surface area contributed by atoms with E-state index in [-0.39, 0.29) is 111 Å². The van der Waals surface area contributed by atoms with Gasteiger partial charge in [0.1, 0.15) is 0 Å². The van der Waals surface area contributed by atoms with Crippen LogP contribution in [0.25, 0.3) is 0 Å². The first kappa shape index (κ1) is 25.7. The van der Waals surface area contributed by atoms with Gasteiger partial charge in [-0.3, -0.25) is 0 Å². The molecule has 0 saturated heterocycles. The Morgan fingerprint density at radius 1 is 0.500 bits per heavy atom. The maximum atomic E-state index is 0. The molecule has 0 aromatic heterocycles. The van der Waals surface area contributed by atoms with Crippen LogP contribution in [0.3, 0.4) is 0 Å². The third kappa shape index (κ3) is 9.11. The van der Waals surface area contributed by atoms with Crippen molar-refractivity contribution in [1.82, 2.24) is 0 Å². The van der Waals surface area contributed by atoms with Crippen LogP contribution in [-0.4, -0.2) is 111 Å². The van der Waals surface area contributed by atoms with Gasteiger partial charge in [0.25, 0.3) is 0 Å². The normalized spacial score (nSPS) is 0. The molecular formula is H9Ga3K. The standard InChI is InChI=1S/3Ga.K.9H. The molecule has 1 radical (unpaired) electrons. The van der Waals surface area contributed by atoms with Crippen LogP contribution < -0.4 is 0 Å². The van der Waals surface area contributed by atoms with Gasteiger partial charge in [0, 0.05) is 51.4 Å². The molecule has 0 aromatic rings. The van der Waals surface area contributed by atoms with Gasteiger partial charge in [-0.1, -0.05) is 0 Å². The SMILES string of the molecule is [GaH3].[GaH3].[GaH3].[K]. The van der Waals surface area contributed by atoms with Gasteiger partial charge in [0.2, 0.25) is 0 Å². The van der Waals surface area contributed by atoms with Crippen LogP contribution in [0.1, 0.15) is 0 Å². The summed E-state index contributed by atoms with van der Waals surface area (Å²) >= 11 is 0. The Labute approximate surface area is 108 Å². The van der Waals surface area contributed by atoms with Crippen molar-refractivity contribution in [3.05, 3.63) is 0 Å². The average Bonchev–Trinajstić information content (AvgIpc) is 0. The second kappa shape index (κ2) is 16.0. The third-order valence-electron chi connectivity index (χ3n) is 0. The Bertz CT molecular complexity index is 3.25. The van der Waals surface area contributed by atoms with Crippen molar-refractivity contribution in [2.75, 3.05) is 0 Å². The molecule has 0 bridgehead atoms. The monoisotopic (exact) mass is 255 g/mol. The van der Waals surface area contributed by atoms with Gasteiger partial charge >= 0.3 is 59.4 Å². The summed E-state index contributed by atoms with van der Waals surface area (Å²) < 4.78 is 0. The van der Waals surface area contributed by atoms with E-state index in [4.69, 9.17) is 0 Å². The predicted molar refractivity (Wildman–Crippen MR) is 35.6 cm³/mol. The fourth-order valence-corrected chi connectivity index (χ4v) is 0. The molecule has 0 aromatic carbocycles. The van der Waals surface area contributed by atoms with E-state index in [2.05, 4.69) is 0 Å². The fraction of sp³-hybridized carbons (Fsp3) is 0. The summed E-state index contributed by atoms with van der Waals surface area (Å²) in [5, 5.41) is 0. The molecule has 0 fully saturated rings. The number of hydrogen-bond acceptors (Lipinski definition) is 0. The van der Waals surface area contributed by atoms with Crippen LogP contribution in [0.15, 0.2) is 0 Å². The molecule has 0 atom stereocenters. The summed E-state index contributed by atoms with van der Waals surface area (Å²) in [6.45, 7) is 0. The molecular weight excluding hydrogens is 248 g/mol. The fourth-order valence-electron chi connectivity index (χ4n) is 0. The Morgan fingerprint density at radius 2 is 0.500 bits per heavy atom. The second-order valence-corrected chi connectivity index (χ2v) is 0. The molecule has 0 nitrogen and oxygen atoms in total. The van der Waals surface area contributed by atoms with Crippen LogP contribution in [0.4, 0.5) is 0 Å². The summed E-state index contributed by atoms with van der Waals surface area (Å²) in [5.41, 5.74) is 0. The van der Waals surface area contributed by atoms with E-state index < -0.39 is 0 Å². The van der Waals surface area contributed by atoms with Gasteiger partial charge in [-0.25, -0.2) is 0 Å². The van der Waals surface area contributed by atoms with Gasteiger partial charge in [0.05, 0.1) is 0 Å². The van der Waals surface area contributed by atoms with Crippen molar-refractivity contribution in [2.24, 2.45) is 0 Å². The third-order valence-corrected chi connectivity index (χ3v) is 0. The molecule has 0 aliphatic rings. The van der Waals surface area contributed by atoms with Crippen LogP contribution in [0, 0.1) is 0 Å². The molecule has 0 spiro atoms. The van der Waals surface area contributed by atoms with Crippen molar-refractivity contribution >= 4 is 111 Å². The molecule has 4 heavy (non-hydrogen) atoms. The number of rotatable bonds is 0. The molecule has 0 saturated carbocycles. The van der Waals surface area contributed by atoms with Crippen LogP contribution >= 0.6 is 0 Å². The zero-order valence-electron chi connectivity index (χ0n) is 1.00. The summed E-state index contributed by atoms with van der Waals surface area (Å²) in [5.74, 6) is 0. The van der Waals surface area contributed by atoms with Crippen molar-refractivity contribution < 1.29 is 0 Å². The minimum atomic E-state index is 0. The van der Waals surface area contributed by atoms with Crippen molar-refractivity contribution in [3.8, 4) is 0 Å². The summed E-state index contributed by atoms with van der Waals surface area (Å²) in [6.07, 6.45) is 0. The summed E-state index contributed by atoms with van der Waals surface area (Å²) in [6, 6.07) is 0. The van der Waals surface area contributed by atoms with Crippen molar-refractivity contribution in [1.29, 1.82) is 0 Å². The maximum absolute atomic E-state index is 0. The van der Waals surface area contributed by atoms with Crippen LogP contribution in [-0.2, 0) is 0 Å². The van der Waals surface area contributed by atoms with E-state index >= 15 is 0 Å².